The van der Waals surface area contributed by atoms with E-state index < -0.39 is 23.1 Å². The van der Waals surface area contributed by atoms with Gasteiger partial charge in [-0.1, -0.05) is 6.92 Å². The maximum Gasteiger partial charge on any atom is 0.260 e. The number of nitrogen functional groups attached to an aromatic ring is 1. The number of piperidine rings is 1. The van der Waals surface area contributed by atoms with Gasteiger partial charge in [-0.15, -0.1) is 0 Å². The average Bonchev–Trinajstić information content (AvgIpc) is 2.43. The molecule has 0 spiro atoms. The minimum absolute atomic E-state index is 0.0569. The first-order valence-electron chi connectivity index (χ1n) is 6.60. The summed E-state index contributed by atoms with van der Waals surface area (Å²) in [6.45, 7) is 2.52. The second-order valence-electron chi connectivity index (χ2n) is 4.88. The van der Waals surface area contributed by atoms with Gasteiger partial charge < -0.3 is 10.6 Å². The molecule has 1 aliphatic rings. The molecule has 1 atom stereocenters. The Morgan fingerprint density at radius 1 is 1.42 bits per heavy atom. The van der Waals surface area contributed by atoms with Gasteiger partial charge in [-0.2, -0.15) is 0 Å². The molecule has 0 radical (unpaired) electrons. The van der Waals surface area contributed by atoms with Crippen molar-refractivity contribution >= 4 is 11.6 Å². The van der Waals surface area contributed by atoms with Gasteiger partial charge in [0.1, 0.15) is 11.4 Å². The topological polar surface area (TPSA) is 46.3 Å². The highest BCUT2D eigenvalue weighted by atomic mass is 19.1. The predicted octanol–water partition coefficient (Wildman–Crippen LogP) is 2.95. The van der Waals surface area contributed by atoms with E-state index >= 15 is 0 Å². The van der Waals surface area contributed by atoms with Crippen LogP contribution in [-0.4, -0.2) is 23.4 Å². The molecular weight excluding hydrogens is 250 g/mol. The zero-order valence-corrected chi connectivity index (χ0v) is 11.0. The molecule has 1 aromatic rings. The van der Waals surface area contributed by atoms with Crippen molar-refractivity contribution < 1.29 is 13.6 Å². The Morgan fingerprint density at radius 2 is 2.16 bits per heavy atom. The van der Waals surface area contributed by atoms with Crippen LogP contribution in [0.1, 0.15) is 43.0 Å². The first kappa shape index (κ1) is 13.8. The summed E-state index contributed by atoms with van der Waals surface area (Å²) in [6.07, 6.45) is 3.59. The number of rotatable bonds is 2. The molecule has 1 aliphatic heterocycles. The van der Waals surface area contributed by atoms with Gasteiger partial charge in [-0.3, -0.25) is 4.79 Å². The number of nitrogens with two attached hydrogens (primary N) is 1. The molecule has 104 valence electrons. The standard InChI is InChI=1S/C14H18F2N2O/c1-2-9-5-3-4-8-18(9)14(19)12-10(15)6-7-11(17)13(12)16/h6-7,9H,2-5,8,17H2,1H3. The number of hydrogen-bond donors (Lipinski definition) is 1. The molecule has 1 unspecified atom stereocenters. The van der Waals surface area contributed by atoms with Crippen molar-refractivity contribution in [3.63, 3.8) is 0 Å². The van der Waals surface area contributed by atoms with Gasteiger partial charge in [0.25, 0.3) is 5.91 Å². The second-order valence-corrected chi connectivity index (χ2v) is 4.88. The third-order valence-corrected chi connectivity index (χ3v) is 3.69. The lowest BCUT2D eigenvalue weighted by Gasteiger charge is -2.35. The minimum atomic E-state index is -0.953. The Bertz CT molecular complexity index is 491. The van der Waals surface area contributed by atoms with Gasteiger partial charge in [0.05, 0.1) is 5.69 Å². The largest absolute Gasteiger partial charge is 0.396 e. The van der Waals surface area contributed by atoms with Gasteiger partial charge >= 0.3 is 0 Å². The Hall–Kier alpha value is -1.65. The van der Waals surface area contributed by atoms with Gasteiger partial charge in [-0.05, 0) is 37.8 Å². The smallest absolute Gasteiger partial charge is 0.260 e. The molecule has 1 aromatic carbocycles. The monoisotopic (exact) mass is 268 g/mol. The molecule has 1 heterocycles. The first-order valence-corrected chi connectivity index (χ1v) is 6.60. The summed E-state index contributed by atoms with van der Waals surface area (Å²) in [5.74, 6) is -2.39. The summed E-state index contributed by atoms with van der Waals surface area (Å²) in [5.41, 5.74) is 4.68. The number of anilines is 1. The lowest BCUT2D eigenvalue weighted by molar-refractivity contribution is 0.0598. The molecular formula is C14H18F2N2O. The highest BCUT2D eigenvalue weighted by Crippen LogP contribution is 2.25. The molecule has 2 N–H and O–H groups in total. The average molecular weight is 268 g/mol. The van der Waals surface area contributed by atoms with Crippen LogP contribution in [0.25, 0.3) is 0 Å². The Kier molecular flexibility index (Phi) is 4.02. The summed E-state index contributed by atoms with van der Waals surface area (Å²) in [4.78, 5) is 13.9. The van der Waals surface area contributed by atoms with Crippen LogP contribution in [0.2, 0.25) is 0 Å². The fraction of sp³-hybridized carbons (Fsp3) is 0.500. The third-order valence-electron chi connectivity index (χ3n) is 3.69. The second kappa shape index (κ2) is 5.55. The lowest BCUT2D eigenvalue weighted by Crippen LogP contribution is -2.44. The van der Waals surface area contributed by atoms with Crippen LogP contribution in [0, 0.1) is 11.6 Å². The summed E-state index contributed by atoms with van der Waals surface area (Å²) in [5, 5.41) is 0. The molecule has 0 bridgehead atoms. The third kappa shape index (κ3) is 2.55. The molecule has 1 fully saturated rings. The lowest BCUT2D eigenvalue weighted by atomic mass is 9.98. The summed E-state index contributed by atoms with van der Waals surface area (Å²) < 4.78 is 27.6. The van der Waals surface area contributed by atoms with E-state index in [-0.39, 0.29) is 11.7 Å². The number of likely N-dealkylation sites (tertiary alicyclic amines) is 1. The Balaban J connectivity index is 2.36. The predicted molar refractivity (Wildman–Crippen MR) is 69.7 cm³/mol. The zero-order chi connectivity index (χ0) is 14.0. The van der Waals surface area contributed by atoms with Crippen LogP contribution < -0.4 is 5.73 Å². The van der Waals surface area contributed by atoms with E-state index in [4.69, 9.17) is 5.73 Å². The van der Waals surface area contributed by atoms with E-state index in [1.165, 1.54) is 0 Å². The first-order chi connectivity index (χ1) is 9.06. The van der Waals surface area contributed by atoms with Gasteiger partial charge in [0.2, 0.25) is 0 Å². The number of benzene rings is 1. The van der Waals surface area contributed by atoms with Crippen molar-refractivity contribution in [2.24, 2.45) is 0 Å². The molecule has 19 heavy (non-hydrogen) atoms. The SMILES string of the molecule is CCC1CCCCN1C(=O)c1c(F)ccc(N)c1F. The molecule has 2 rings (SSSR count). The molecule has 1 amide bonds. The highest BCUT2D eigenvalue weighted by Gasteiger charge is 2.30. The number of halogens is 2. The number of carbonyl (C=O) groups is 1. The molecule has 3 nitrogen and oxygen atoms in total. The number of nitrogens with zero attached hydrogens (tertiary/aromatic N) is 1. The van der Waals surface area contributed by atoms with Crippen LogP contribution in [0.4, 0.5) is 14.5 Å². The summed E-state index contributed by atoms with van der Waals surface area (Å²) in [6, 6.07) is 2.23. The fourth-order valence-corrected chi connectivity index (χ4v) is 2.60. The summed E-state index contributed by atoms with van der Waals surface area (Å²) in [7, 11) is 0. The van der Waals surface area contributed by atoms with E-state index in [1.807, 2.05) is 6.92 Å². The Labute approximate surface area is 111 Å². The quantitative estimate of drug-likeness (QED) is 0.838. The van der Waals surface area contributed by atoms with Crippen molar-refractivity contribution in [3.05, 3.63) is 29.3 Å². The van der Waals surface area contributed by atoms with E-state index in [2.05, 4.69) is 0 Å². The van der Waals surface area contributed by atoms with E-state index in [0.29, 0.717) is 6.54 Å². The molecule has 5 heteroatoms. The normalized spacial score (nSPS) is 19.5. The van der Waals surface area contributed by atoms with Crippen LogP contribution in [-0.2, 0) is 0 Å². The fourth-order valence-electron chi connectivity index (χ4n) is 2.60. The van der Waals surface area contributed by atoms with Gasteiger partial charge in [0.15, 0.2) is 5.82 Å². The Morgan fingerprint density at radius 3 is 2.84 bits per heavy atom. The highest BCUT2D eigenvalue weighted by molar-refractivity contribution is 5.96. The van der Waals surface area contributed by atoms with Crippen LogP contribution in [0.3, 0.4) is 0 Å². The van der Waals surface area contributed by atoms with E-state index in [9.17, 15) is 13.6 Å². The van der Waals surface area contributed by atoms with E-state index in [1.54, 1.807) is 4.90 Å². The van der Waals surface area contributed by atoms with Crippen LogP contribution >= 0.6 is 0 Å². The molecule has 0 aliphatic carbocycles. The maximum atomic E-state index is 13.9. The minimum Gasteiger partial charge on any atom is -0.396 e. The van der Waals surface area contributed by atoms with Crippen molar-refractivity contribution in [3.8, 4) is 0 Å². The van der Waals surface area contributed by atoms with Crippen LogP contribution in [0.5, 0.6) is 0 Å². The van der Waals surface area contributed by atoms with Gasteiger partial charge in [0, 0.05) is 12.6 Å². The van der Waals surface area contributed by atoms with Crippen LogP contribution in [0.15, 0.2) is 12.1 Å². The number of hydrogen-bond acceptors (Lipinski definition) is 2. The van der Waals surface area contributed by atoms with E-state index in [0.717, 1.165) is 37.8 Å². The summed E-state index contributed by atoms with van der Waals surface area (Å²) >= 11 is 0. The number of amides is 1. The zero-order valence-electron chi connectivity index (χ0n) is 11.0. The van der Waals surface area contributed by atoms with Gasteiger partial charge in [-0.25, -0.2) is 8.78 Å². The van der Waals surface area contributed by atoms with Crippen molar-refractivity contribution in [2.75, 3.05) is 12.3 Å². The molecule has 1 saturated heterocycles. The molecule has 0 saturated carbocycles. The number of carbonyl (C=O) groups excluding carboxylic acids is 1. The maximum absolute atomic E-state index is 13.9. The molecule has 0 aromatic heterocycles. The van der Waals surface area contributed by atoms with Crippen molar-refractivity contribution in [1.29, 1.82) is 0 Å². The van der Waals surface area contributed by atoms with Crippen molar-refractivity contribution in [1.82, 2.24) is 4.90 Å². The van der Waals surface area contributed by atoms with Crippen molar-refractivity contribution in [2.45, 2.75) is 38.6 Å².